The Morgan fingerprint density at radius 3 is 2.64 bits per heavy atom. The Bertz CT molecular complexity index is 706. The summed E-state index contributed by atoms with van der Waals surface area (Å²) in [6.45, 7) is 4.09. The molecule has 1 aromatic carbocycles. The highest BCUT2D eigenvalue weighted by molar-refractivity contribution is 5.97. The minimum Gasteiger partial charge on any atom is -0.337 e. The highest BCUT2D eigenvalue weighted by Crippen LogP contribution is 2.23. The van der Waals surface area contributed by atoms with Crippen molar-refractivity contribution >= 4 is 5.91 Å². The van der Waals surface area contributed by atoms with Crippen LogP contribution in [0.4, 0.5) is 0 Å². The zero-order valence-corrected chi connectivity index (χ0v) is 14.7. The third-order valence-electron chi connectivity index (χ3n) is 5.48. The van der Waals surface area contributed by atoms with Crippen molar-refractivity contribution in [3.05, 3.63) is 48.3 Å². The van der Waals surface area contributed by atoms with Gasteiger partial charge in [-0.15, -0.1) is 0 Å². The van der Waals surface area contributed by atoms with E-state index >= 15 is 0 Å². The van der Waals surface area contributed by atoms with E-state index in [2.05, 4.69) is 10.00 Å². The van der Waals surface area contributed by atoms with Gasteiger partial charge in [0.15, 0.2) is 0 Å². The maximum atomic E-state index is 13.2. The van der Waals surface area contributed by atoms with E-state index in [0.29, 0.717) is 6.04 Å². The number of hydrogen-bond donors (Lipinski definition) is 0. The number of hydrogen-bond acceptors (Lipinski definition) is 3. The van der Waals surface area contributed by atoms with Gasteiger partial charge in [0.1, 0.15) is 0 Å². The van der Waals surface area contributed by atoms with Crippen LogP contribution < -0.4 is 0 Å². The lowest BCUT2D eigenvalue weighted by atomic mass is 10.00. The maximum Gasteiger partial charge on any atom is 0.256 e. The lowest BCUT2D eigenvalue weighted by Crippen LogP contribution is -2.51. The Balaban J connectivity index is 1.53. The lowest BCUT2D eigenvalue weighted by Gasteiger charge is -2.41. The van der Waals surface area contributed by atoms with Crippen LogP contribution in [0.15, 0.2) is 42.7 Å². The van der Waals surface area contributed by atoms with Crippen LogP contribution in [0.25, 0.3) is 5.69 Å². The van der Waals surface area contributed by atoms with Crippen molar-refractivity contribution < 1.29 is 4.79 Å². The van der Waals surface area contributed by atoms with Crippen molar-refractivity contribution in [1.82, 2.24) is 19.6 Å². The number of likely N-dealkylation sites (tertiary alicyclic amines) is 2. The van der Waals surface area contributed by atoms with Gasteiger partial charge in [-0.05, 0) is 57.0 Å². The minimum atomic E-state index is 0.132. The molecule has 5 nitrogen and oxygen atoms in total. The number of nitrogens with zero attached hydrogens (tertiary/aromatic N) is 4. The van der Waals surface area contributed by atoms with E-state index in [1.165, 1.54) is 38.8 Å². The fourth-order valence-electron chi connectivity index (χ4n) is 4.16. The number of rotatable bonds is 3. The first-order valence-corrected chi connectivity index (χ1v) is 9.45. The molecule has 0 N–H and O–H groups in total. The zero-order valence-electron chi connectivity index (χ0n) is 14.7. The van der Waals surface area contributed by atoms with E-state index in [-0.39, 0.29) is 5.91 Å². The first kappa shape index (κ1) is 16.3. The van der Waals surface area contributed by atoms with Crippen LogP contribution in [-0.4, -0.2) is 57.7 Å². The number of benzene rings is 1. The maximum absolute atomic E-state index is 13.2. The van der Waals surface area contributed by atoms with Crippen molar-refractivity contribution in [3.63, 3.8) is 0 Å². The SMILES string of the molecule is O=C(c1ccccc1-n1cccn1)N1CCC[C@H](N2CCCCC2)C1. The summed E-state index contributed by atoms with van der Waals surface area (Å²) in [5, 5.41) is 4.30. The van der Waals surface area contributed by atoms with Gasteiger partial charge in [0, 0.05) is 31.5 Å². The van der Waals surface area contributed by atoms with Crippen LogP contribution in [0.5, 0.6) is 0 Å². The van der Waals surface area contributed by atoms with Gasteiger partial charge in [0.2, 0.25) is 0 Å². The third kappa shape index (κ3) is 3.47. The summed E-state index contributed by atoms with van der Waals surface area (Å²) in [6, 6.07) is 10.2. The predicted octanol–water partition coefficient (Wildman–Crippen LogP) is 2.96. The molecule has 0 unspecified atom stereocenters. The first-order valence-electron chi connectivity index (χ1n) is 9.45. The molecule has 0 bridgehead atoms. The van der Waals surface area contributed by atoms with E-state index in [0.717, 1.165) is 30.8 Å². The minimum absolute atomic E-state index is 0.132. The molecule has 1 atom stereocenters. The van der Waals surface area contributed by atoms with Crippen LogP contribution in [-0.2, 0) is 0 Å². The van der Waals surface area contributed by atoms with E-state index in [9.17, 15) is 4.79 Å². The average Bonchev–Trinajstić information content (AvgIpc) is 3.23. The van der Waals surface area contributed by atoms with E-state index < -0.39 is 0 Å². The van der Waals surface area contributed by atoms with Gasteiger partial charge >= 0.3 is 0 Å². The van der Waals surface area contributed by atoms with Gasteiger partial charge in [-0.1, -0.05) is 18.6 Å². The van der Waals surface area contributed by atoms with E-state index in [4.69, 9.17) is 0 Å². The van der Waals surface area contributed by atoms with Gasteiger partial charge in [-0.2, -0.15) is 5.10 Å². The van der Waals surface area contributed by atoms with Gasteiger partial charge in [0.25, 0.3) is 5.91 Å². The Hall–Kier alpha value is -2.14. The summed E-state index contributed by atoms with van der Waals surface area (Å²) in [4.78, 5) is 17.9. The number of carbonyl (C=O) groups excluding carboxylic acids is 1. The molecular weight excluding hydrogens is 312 g/mol. The van der Waals surface area contributed by atoms with Crippen molar-refractivity contribution in [2.45, 2.75) is 38.1 Å². The molecule has 0 radical (unpaired) electrons. The van der Waals surface area contributed by atoms with Gasteiger partial charge in [0.05, 0.1) is 11.3 Å². The second-order valence-corrected chi connectivity index (χ2v) is 7.11. The second-order valence-electron chi connectivity index (χ2n) is 7.11. The number of carbonyl (C=O) groups is 1. The Morgan fingerprint density at radius 2 is 1.84 bits per heavy atom. The number of amides is 1. The summed E-state index contributed by atoms with van der Waals surface area (Å²) in [5.74, 6) is 0.132. The van der Waals surface area contributed by atoms with Gasteiger partial charge < -0.3 is 4.90 Å². The first-order chi connectivity index (χ1) is 12.3. The zero-order chi connectivity index (χ0) is 17.1. The smallest absolute Gasteiger partial charge is 0.256 e. The van der Waals surface area contributed by atoms with Crippen LogP contribution in [0.2, 0.25) is 0 Å². The van der Waals surface area contributed by atoms with Crippen molar-refractivity contribution in [2.24, 2.45) is 0 Å². The monoisotopic (exact) mass is 338 g/mol. The number of aromatic nitrogens is 2. The predicted molar refractivity (Wildman–Crippen MR) is 97.9 cm³/mol. The Kier molecular flexibility index (Phi) is 4.83. The van der Waals surface area contributed by atoms with E-state index in [1.807, 2.05) is 41.4 Å². The van der Waals surface area contributed by atoms with Gasteiger partial charge in [-0.3, -0.25) is 9.69 Å². The highest BCUT2D eigenvalue weighted by Gasteiger charge is 2.29. The molecule has 25 heavy (non-hydrogen) atoms. The molecule has 2 aromatic rings. The third-order valence-corrected chi connectivity index (χ3v) is 5.48. The molecule has 1 aromatic heterocycles. The second kappa shape index (κ2) is 7.40. The summed E-state index contributed by atoms with van der Waals surface area (Å²) in [6.07, 6.45) is 9.89. The number of para-hydroxylation sites is 1. The highest BCUT2D eigenvalue weighted by atomic mass is 16.2. The van der Waals surface area contributed by atoms with Crippen LogP contribution in [0.1, 0.15) is 42.5 Å². The Morgan fingerprint density at radius 1 is 1.00 bits per heavy atom. The van der Waals surface area contributed by atoms with Crippen LogP contribution >= 0.6 is 0 Å². The van der Waals surface area contributed by atoms with Crippen LogP contribution in [0.3, 0.4) is 0 Å². The quantitative estimate of drug-likeness (QED) is 0.864. The van der Waals surface area contributed by atoms with Crippen LogP contribution in [0, 0.1) is 0 Å². The molecule has 4 rings (SSSR count). The normalized spacial score (nSPS) is 22.1. The molecule has 0 aliphatic carbocycles. The molecule has 2 saturated heterocycles. The topological polar surface area (TPSA) is 41.4 Å². The summed E-state index contributed by atoms with van der Waals surface area (Å²) in [5.41, 5.74) is 1.60. The standard InChI is InChI=1S/C20H26N4O/c25-20(18-9-2-3-10-19(18)24-15-7-11-21-24)23-14-6-8-17(16-23)22-12-4-1-5-13-22/h2-3,7,9-11,15,17H,1,4-6,8,12-14,16H2/t17-/m0/s1. The fourth-order valence-corrected chi connectivity index (χ4v) is 4.16. The molecule has 2 fully saturated rings. The van der Waals surface area contributed by atoms with Gasteiger partial charge in [-0.25, -0.2) is 4.68 Å². The molecule has 3 heterocycles. The molecule has 1 amide bonds. The van der Waals surface area contributed by atoms with Crippen molar-refractivity contribution in [3.8, 4) is 5.69 Å². The molecule has 5 heteroatoms. The summed E-state index contributed by atoms with van der Waals surface area (Å²) < 4.78 is 1.78. The number of piperidine rings is 2. The van der Waals surface area contributed by atoms with E-state index in [1.54, 1.807) is 10.9 Å². The molecule has 2 aliphatic rings. The largest absolute Gasteiger partial charge is 0.337 e. The molecular formula is C20H26N4O. The lowest BCUT2D eigenvalue weighted by molar-refractivity contribution is 0.0537. The van der Waals surface area contributed by atoms with Crippen molar-refractivity contribution in [1.29, 1.82) is 0 Å². The molecule has 0 saturated carbocycles. The molecule has 132 valence electrons. The Labute approximate surface area is 149 Å². The van der Waals surface area contributed by atoms with Crippen molar-refractivity contribution in [2.75, 3.05) is 26.2 Å². The summed E-state index contributed by atoms with van der Waals surface area (Å²) in [7, 11) is 0. The average molecular weight is 338 g/mol. The summed E-state index contributed by atoms with van der Waals surface area (Å²) >= 11 is 0. The fraction of sp³-hybridized carbons (Fsp3) is 0.500. The molecule has 2 aliphatic heterocycles. The molecule has 0 spiro atoms.